The summed E-state index contributed by atoms with van der Waals surface area (Å²) in [6.45, 7) is 3.00. The SMILES string of the molecule is COc1cc2c(cc1F)[nH]c(=S)n2CCC(C)SC. The Hall–Kier alpha value is -1.01. The van der Waals surface area contributed by atoms with Crippen molar-refractivity contribution in [3.8, 4) is 5.75 Å². The topological polar surface area (TPSA) is 29.9 Å². The van der Waals surface area contributed by atoms with E-state index in [9.17, 15) is 4.39 Å². The molecule has 6 heteroatoms. The van der Waals surface area contributed by atoms with Gasteiger partial charge in [0.05, 0.1) is 18.1 Å². The van der Waals surface area contributed by atoms with Crippen LogP contribution in [0.25, 0.3) is 11.0 Å². The standard InChI is InChI=1S/C13H17FN2OS2/c1-8(19-3)4-5-16-11-7-12(17-2)9(14)6-10(11)15-13(16)18/h6-8H,4-5H2,1-3H3,(H,15,18). The molecule has 2 rings (SSSR count). The van der Waals surface area contributed by atoms with Crippen molar-refractivity contribution in [2.24, 2.45) is 0 Å². The number of hydrogen-bond acceptors (Lipinski definition) is 3. The largest absolute Gasteiger partial charge is 0.494 e. The third kappa shape index (κ3) is 2.95. The number of aromatic amines is 1. The molecule has 1 N–H and O–H groups in total. The number of rotatable bonds is 5. The zero-order chi connectivity index (χ0) is 14.0. The fourth-order valence-electron chi connectivity index (χ4n) is 1.97. The monoisotopic (exact) mass is 300 g/mol. The van der Waals surface area contributed by atoms with Gasteiger partial charge in [-0.3, -0.25) is 0 Å². The maximum absolute atomic E-state index is 13.6. The fraction of sp³-hybridized carbons (Fsp3) is 0.462. The molecular weight excluding hydrogens is 283 g/mol. The van der Waals surface area contributed by atoms with E-state index in [0.29, 0.717) is 15.5 Å². The number of nitrogens with one attached hydrogen (secondary N) is 1. The van der Waals surface area contributed by atoms with E-state index >= 15 is 0 Å². The van der Waals surface area contributed by atoms with Crippen LogP contribution in [-0.2, 0) is 6.54 Å². The maximum Gasteiger partial charge on any atom is 0.178 e. The number of methoxy groups -OCH3 is 1. The first-order valence-electron chi connectivity index (χ1n) is 6.05. The van der Waals surface area contributed by atoms with Gasteiger partial charge in [0.25, 0.3) is 0 Å². The molecule has 0 bridgehead atoms. The minimum absolute atomic E-state index is 0.244. The van der Waals surface area contributed by atoms with E-state index in [2.05, 4.69) is 18.2 Å². The van der Waals surface area contributed by atoms with Crippen molar-refractivity contribution in [2.45, 2.75) is 25.1 Å². The molecule has 1 atom stereocenters. The molecule has 1 unspecified atom stereocenters. The Morgan fingerprint density at radius 3 is 2.89 bits per heavy atom. The number of nitrogens with zero attached hydrogens (tertiary/aromatic N) is 1. The lowest BCUT2D eigenvalue weighted by molar-refractivity contribution is 0.387. The smallest absolute Gasteiger partial charge is 0.178 e. The molecule has 0 amide bonds. The molecule has 0 aliphatic rings. The van der Waals surface area contributed by atoms with Crippen LogP contribution in [0.2, 0.25) is 0 Å². The van der Waals surface area contributed by atoms with E-state index in [1.807, 2.05) is 16.3 Å². The Morgan fingerprint density at radius 1 is 1.53 bits per heavy atom. The zero-order valence-electron chi connectivity index (χ0n) is 11.2. The quantitative estimate of drug-likeness (QED) is 0.847. The first kappa shape index (κ1) is 14.4. The summed E-state index contributed by atoms with van der Waals surface area (Å²) in [6.07, 6.45) is 3.11. The number of ether oxygens (including phenoxy) is 1. The second-order valence-corrected chi connectivity index (χ2v) is 6.08. The number of imidazole rings is 1. The average molecular weight is 300 g/mol. The molecule has 0 saturated carbocycles. The molecule has 0 fully saturated rings. The minimum Gasteiger partial charge on any atom is -0.494 e. The number of aryl methyl sites for hydroxylation is 1. The summed E-state index contributed by atoms with van der Waals surface area (Å²) in [4.78, 5) is 3.04. The number of H-pyrrole nitrogens is 1. The van der Waals surface area contributed by atoms with Crippen LogP contribution in [0, 0.1) is 10.6 Å². The second kappa shape index (κ2) is 5.96. The van der Waals surface area contributed by atoms with Crippen LogP contribution in [-0.4, -0.2) is 28.2 Å². The fourth-order valence-corrected chi connectivity index (χ4v) is 2.61. The van der Waals surface area contributed by atoms with Crippen LogP contribution in [0.15, 0.2) is 12.1 Å². The number of benzene rings is 1. The van der Waals surface area contributed by atoms with Crippen molar-refractivity contribution in [1.29, 1.82) is 0 Å². The van der Waals surface area contributed by atoms with E-state index in [1.165, 1.54) is 13.2 Å². The Balaban J connectivity index is 2.42. The third-order valence-electron chi connectivity index (χ3n) is 3.21. The molecule has 1 aromatic carbocycles. The molecule has 104 valence electrons. The highest BCUT2D eigenvalue weighted by atomic mass is 32.2. The minimum atomic E-state index is -0.379. The van der Waals surface area contributed by atoms with Gasteiger partial charge in [0.1, 0.15) is 0 Å². The van der Waals surface area contributed by atoms with Crippen molar-refractivity contribution in [1.82, 2.24) is 9.55 Å². The Kier molecular flexibility index (Phi) is 4.52. The number of aromatic nitrogens is 2. The van der Waals surface area contributed by atoms with E-state index in [-0.39, 0.29) is 11.6 Å². The predicted octanol–water partition coefficient (Wildman–Crippen LogP) is 3.99. The first-order valence-corrected chi connectivity index (χ1v) is 7.75. The summed E-state index contributed by atoms with van der Waals surface area (Å²) >= 11 is 7.13. The summed E-state index contributed by atoms with van der Waals surface area (Å²) in [5.74, 6) is -0.135. The summed E-state index contributed by atoms with van der Waals surface area (Å²) in [7, 11) is 1.46. The van der Waals surface area contributed by atoms with Crippen LogP contribution >= 0.6 is 24.0 Å². The predicted molar refractivity (Wildman–Crippen MR) is 81.2 cm³/mol. The second-order valence-electron chi connectivity index (χ2n) is 4.42. The van der Waals surface area contributed by atoms with Crippen LogP contribution in [0.4, 0.5) is 4.39 Å². The summed E-state index contributed by atoms with van der Waals surface area (Å²) < 4.78 is 21.3. The molecule has 19 heavy (non-hydrogen) atoms. The van der Waals surface area contributed by atoms with Gasteiger partial charge in [0.2, 0.25) is 0 Å². The van der Waals surface area contributed by atoms with Gasteiger partial charge in [0.15, 0.2) is 16.3 Å². The molecule has 0 aliphatic carbocycles. The van der Waals surface area contributed by atoms with Gasteiger partial charge in [-0.25, -0.2) is 4.39 Å². The molecule has 0 spiro atoms. The van der Waals surface area contributed by atoms with Crippen molar-refractivity contribution in [2.75, 3.05) is 13.4 Å². The van der Waals surface area contributed by atoms with Crippen LogP contribution in [0.3, 0.4) is 0 Å². The molecule has 0 radical (unpaired) electrons. The number of hydrogen-bond donors (Lipinski definition) is 1. The van der Waals surface area contributed by atoms with E-state index in [0.717, 1.165) is 18.5 Å². The average Bonchev–Trinajstić information content (AvgIpc) is 2.69. The van der Waals surface area contributed by atoms with E-state index < -0.39 is 0 Å². The molecule has 1 heterocycles. The van der Waals surface area contributed by atoms with Gasteiger partial charge >= 0.3 is 0 Å². The van der Waals surface area contributed by atoms with Crippen molar-refractivity contribution >= 4 is 35.0 Å². The van der Waals surface area contributed by atoms with Crippen molar-refractivity contribution in [3.63, 3.8) is 0 Å². The molecular formula is C13H17FN2OS2. The molecule has 2 aromatic rings. The Bertz CT molecular complexity index is 635. The van der Waals surface area contributed by atoms with Crippen LogP contribution in [0.5, 0.6) is 5.75 Å². The molecule has 0 saturated heterocycles. The third-order valence-corrected chi connectivity index (χ3v) is 4.57. The van der Waals surface area contributed by atoms with Crippen LogP contribution < -0.4 is 4.74 Å². The lowest BCUT2D eigenvalue weighted by atomic mass is 10.2. The Labute approximate surface area is 121 Å². The van der Waals surface area contributed by atoms with Gasteiger partial charge in [-0.2, -0.15) is 11.8 Å². The van der Waals surface area contributed by atoms with Gasteiger partial charge in [-0.15, -0.1) is 0 Å². The Morgan fingerprint density at radius 2 is 2.26 bits per heavy atom. The highest BCUT2D eigenvalue weighted by Crippen LogP contribution is 2.25. The summed E-state index contributed by atoms with van der Waals surface area (Å²) in [6, 6.07) is 3.12. The van der Waals surface area contributed by atoms with Gasteiger partial charge in [-0.05, 0) is 24.9 Å². The molecule has 1 aromatic heterocycles. The summed E-state index contributed by atoms with van der Waals surface area (Å²) in [5.41, 5.74) is 1.59. The number of fused-ring (bicyclic) bond motifs is 1. The van der Waals surface area contributed by atoms with Gasteiger partial charge in [0, 0.05) is 23.9 Å². The molecule has 3 nitrogen and oxygen atoms in total. The maximum atomic E-state index is 13.6. The van der Waals surface area contributed by atoms with Crippen molar-refractivity contribution < 1.29 is 9.13 Å². The lowest BCUT2D eigenvalue weighted by Gasteiger charge is -2.10. The van der Waals surface area contributed by atoms with Gasteiger partial charge in [-0.1, -0.05) is 6.92 Å². The highest BCUT2D eigenvalue weighted by molar-refractivity contribution is 7.99. The summed E-state index contributed by atoms with van der Waals surface area (Å²) in [5, 5.41) is 0.564. The first-order chi connectivity index (χ1) is 9.06. The lowest BCUT2D eigenvalue weighted by Crippen LogP contribution is -2.04. The highest BCUT2D eigenvalue weighted by Gasteiger charge is 2.11. The molecule has 0 aliphatic heterocycles. The zero-order valence-corrected chi connectivity index (χ0v) is 12.8. The normalized spacial score (nSPS) is 12.8. The number of thioether (sulfide) groups is 1. The van der Waals surface area contributed by atoms with E-state index in [1.54, 1.807) is 6.07 Å². The van der Waals surface area contributed by atoms with E-state index in [4.69, 9.17) is 17.0 Å². The van der Waals surface area contributed by atoms with Crippen LogP contribution in [0.1, 0.15) is 13.3 Å². The number of halogens is 1. The van der Waals surface area contributed by atoms with Gasteiger partial charge < -0.3 is 14.3 Å². The van der Waals surface area contributed by atoms with Crippen molar-refractivity contribution in [3.05, 3.63) is 22.7 Å².